The Kier molecular flexibility index (Phi) is 4.13. The summed E-state index contributed by atoms with van der Waals surface area (Å²) in [5, 5.41) is 23.9. The van der Waals surface area contributed by atoms with Crippen molar-refractivity contribution in [2.45, 2.75) is 24.6 Å². The summed E-state index contributed by atoms with van der Waals surface area (Å²) >= 11 is 0. The van der Waals surface area contributed by atoms with E-state index < -0.39 is 30.1 Å². The van der Waals surface area contributed by atoms with Gasteiger partial charge < -0.3 is 20.8 Å². The first kappa shape index (κ1) is 13.5. The number of aliphatic hydroxyl groups excluding tert-OH is 1. The molecule has 0 bridgehead atoms. The van der Waals surface area contributed by atoms with E-state index >= 15 is 0 Å². The molecule has 2 rings (SSSR count). The first-order valence-corrected chi connectivity index (χ1v) is 6.07. The Morgan fingerprint density at radius 1 is 1.32 bits per heavy atom. The van der Waals surface area contributed by atoms with E-state index in [2.05, 4.69) is 10.6 Å². The molecular formula is C13H16N2O4. The highest BCUT2D eigenvalue weighted by Gasteiger charge is 2.31. The highest BCUT2D eigenvalue weighted by atomic mass is 16.4. The minimum Gasteiger partial charge on any atom is -0.479 e. The second-order valence-corrected chi connectivity index (χ2v) is 4.54. The number of carbonyl (C=O) groups is 2. The third-order valence-electron chi connectivity index (χ3n) is 3.09. The number of carbonyl (C=O) groups excluding carboxylic acids is 1. The van der Waals surface area contributed by atoms with Crippen molar-refractivity contribution in [2.75, 3.05) is 6.54 Å². The standard InChI is InChI=1S/C13H16N2O4/c16-9-6-10(14-7-9)12(17)15-11(13(18)19)8-4-2-1-3-5-8/h1-5,9-11,14,16H,6-7H2,(H,15,17)(H,18,19)/t9?,10?,11-/m1/s1. The van der Waals surface area contributed by atoms with Gasteiger partial charge in [0, 0.05) is 6.54 Å². The van der Waals surface area contributed by atoms with Crippen LogP contribution in [-0.2, 0) is 9.59 Å². The first-order valence-electron chi connectivity index (χ1n) is 6.07. The van der Waals surface area contributed by atoms with Gasteiger partial charge in [0.25, 0.3) is 0 Å². The van der Waals surface area contributed by atoms with Crippen LogP contribution in [0.3, 0.4) is 0 Å². The largest absolute Gasteiger partial charge is 0.479 e. The predicted molar refractivity (Wildman–Crippen MR) is 67.4 cm³/mol. The van der Waals surface area contributed by atoms with Gasteiger partial charge in [0.05, 0.1) is 12.1 Å². The smallest absolute Gasteiger partial charge is 0.330 e. The average molecular weight is 264 g/mol. The maximum atomic E-state index is 11.9. The molecule has 0 aromatic heterocycles. The minimum absolute atomic E-state index is 0.299. The minimum atomic E-state index is -1.11. The number of aliphatic carboxylic acids is 1. The SMILES string of the molecule is O=C(N[C@@H](C(=O)O)c1ccccc1)C1CC(O)CN1. The van der Waals surface area contributed by atoms with Gasteiger partial charge in [0.2, 0.25) is 5.91 Å². The highest BCUT2D eigenvalue weighted by molar-refractivity contribution is 5.87. The third kappa shape index (κ3) is 3.30. The Morgan fingerprint density at radius 2 is 2.00 bits per heavy atom. The van der Waals surface area contributed by atoms with Crippen molar-refractivity contribution in [3.63, 3.8) is 0 Å². The summed E-state index contributed by atoms with van der Waals surface area (Å²) in [4.78, 5) is 23.2. The molecule has 1 aliphatic heterocycles. The molecule has 1 aromatic carbocycles. The number of carboxylic acid groups (broad SMARTS) is 1. The lowest BCUT2D eigenvalue weighted by Crippen LogP contribution is -2.44. The zero-order chi connectivity index (χ0) is 13.8. The number of hydrogen-bond acceptors (Lipinski definition) is 4. The lowest BCUT2D eigenvalue weighted by molar-refractivity contribution is -0.142. The molecule has 1 saturated heterocycles. The average Bonchev–Trinajstić information content (AvgIpc) is 2.83. The molecule has 0 aliphatic carbocycles. The predicted octanol–water partition coefficient (Wildman–Crippen LogP) is -0.349. The van der Waals surface area contributed by atoms with Gasteiger partial charge in [-0.2, -0.15) is 0 Å². The van der Waals surface area contributed by atoms with Crippen LogP contribution in [0.2, 0.25) is 0 Å². The van der Waals surface area contributed by atoms with E-state index in [1.807, 2.05) is 0 Å². The number of rotatable bonds is 4. The Morgan fingerprint density at radius 3 is 2.53 bits per heavy atom. The van der Waals surface area contributed by atoms with Crippen LogP contribution in [0.4, 0.5) is 0 Å². The summed E-state index contributed by atoms with van der Waals surface area (Å²) in [7, 11) is 0. The van der Waals surface area contributed by atoms with E-state index in [0.29, 0.717) is 18.5 Å². The maximum absolute atomic E-state index is 11.9. The topological polar surface area (TPSA) is 98.7 Å². The van der Waals surface area contributed by atoms with Gasteiger partial charge in [0.15, 0.2) is 6.04 Å². The van der Waals surface area contributed by atoms with Crippen molar-refractivity contribution in [3.05, 3.63) is 35.9 Å². The van der Waals surface area contributed by atoms with Gasteiger partial charge >= 0.3 is 5.97 Å². The van der Waals surface area contributed by atoms with E-state index in [1.54, 1.807) is 30.3 Å². The number of amides is 1. The van der Waals surface area contributed by atoms with Crippen molar-refractivity contribution in [2.24, 2.45) is 0 Å². The summed E-state index contributed by atoms with van der Waals surface area (Å²) in [5.74, 6) is -1.52. The normalized spacial score (nSPS) is 23.8. The van der Waals surface area contributed by atoms with Gasteiger partial charge in [-0.3, -0.25) is 4.79 Å². The quantitative estimate of drug-likeness (QED) is 0.596. The fraction of sp³-hybridized carbons (Fsp3) is 0.385. The van der Waals surface area contributed by atoms with Crippen molar-refractivity contribution < 1.29 is 19.8 Å². The third-order valence-corrected chi connectivity index (χ3v) is 3.09. The van der Waals surface area contributed by atoms with Crippen LogP contribution in [-0.4, -0.2) is 40.8 Å². The zero-order valence-corrected chi connectivity index (χ0v) is 10.2. The van der Waals surface area contributed by atoms with E-state index in [0.717, 1.165) is 0 Å². The number of aliphatic hydroxyl groups is 1. The van der Waals surface area contributed by atoms with Crippen LogP contribution in [0, 0.1) is 0 Å². The monoisotopic (exact) mass is 264 g/mol. The maximum Gasteiger partial charge on any atom is 0.330 e. The molecule has 4 N–H and O–H groups in total. The Hall–Kier alpha value is -1.92. The van der Waals surface area contributed by atoms with E-state index in [-0.39, 0.29) is 0 Å². The van der Waals surface area contributed by atoms with Crippen LogP contribution in [0.5, 0.6) is 0 Å². The summed E-state index contributed by atoms with van der Waals surface area (Å²) < 4.78 is 0. The molecule has 1 fully saturated rings. The van der Waals surface area contributed by atoms with E-state index in [1.165, 1.54) is 0 Å². The fourth-order valence-corrected chi connectivity index (χ4v) is 2.09. The molecule has 6 nitrogen and oxygen atoms in total. The van der Waals surface area contributed by atoms with Crippen molar-refractivity contribution in [1.82, 2.24) is 10.6 Å². The Balaban J connectivity index is 2.05. The molecule has 2 unspecified atom stereocenters. The van der Waals surface area contributed by atoms with Gasteiger partial charge in [0.1, 0.15) is 0 Å². The summed E-state index contributed by atoms with van der Waals surface area (Å²) in [6.45, 7) is 0.348. The second-order valence-electron chi connectivity index (χ2n) is 4.54. The molecule has 102 valence electrons. The number of hydrogen-bond donors (Lipinski definition) is 4. The molecule has 1 aromatic rings. The van der Waals surface area contributed by atoms with Crippen LogP contribution in [0.25, 0.3) is 0 Å². The Labute approximate surface area is 110 Å². The second kappa shape index (κ2) is 5.81. The van der Waals surface area contributed by atoms with Crippen molar-refractivity contribution in [1.29, 1.82) is 0 Å². The fourth-order valence-electron chi connectivity index (χ4n) is 2.09. The zero-order valence-electron chi connectivity index (χ0n) is 10.2. The molecule has 0 radical (unpaired) electrons. The molecule has 0 saturated carbocycles. The van der Waals surface area contributed by atoms with Crippen LogP contribution >= 0.6 is 0 Å². The van der Waals surface area contributed by atoms with Crippen LogP contribution in [0.15, 0.2) is 30.3 Å². The molecule has 3 atom stereocenters. The molecule has 1 heterocycles. The van der Waals surface area contributed by atoms with Gasteiger partial charge in [-0.1, -0.05) is 30.3 Å². The highest BCUT2D eigenvalue weighted by Crippen LogP contribution is 2.14. The summed E-state index contributed by atoms with van der Waals surface area (Å²) in [6.07, 6.45) is -0.261. The molecular weight excluding hydrogens is 248 g/mol. The number of benzene rings is 1. The lowest BCUT2D eigenvalue weighted by atomic mass is 10.1. The van der Waals surface area contributed by atoms with Crippen molar-refractivity contribution >= 4 is 11.9 Å². The van der Waals surface area contributed by atoms with Gasteiger partial charge in [-0.15, -0.1) is 0 Å². The molecule has 0 spiro atoms. The number of carboxylic acids is 1. The number of nitrogens with one attached hydrogen (secondary N) is 2. The van der Waals surface area contributed by atoms with Gasteiger partial charge in [-0.05, 0) is 12.0 Å². The lowest BCUT2D eigenvalue weighted by Gasteiger charge is -2.17. The first-order chi connectivity index (χ1) is 9.08. The molecule has 19 heavy (non-hydrogen) atoms. The summed E-state index contributed by atoms with van der Waals surface area (Å²) in [5.41, 5.74) is 0.516. The molecule has 1 amide bonds. The van der Waals surface area contributed by atoms with Crippen LogP contribution in [0.1, 0.15) is 18.0 Å². The van der Waals surface area contributed by atoms with E-state index in [9.17, 15) is 19.8 Å². The van der Waals surface area contributed by atoms with E-state index in [4.69, 9.17) is 0 Å². The van der Waals surface area contributed by atoms with Crippen LogP contribution < -0.4 is 10.6 Å². The number of β-amino-alcohol motifs (C(OH)–C–C–N with tert-alkyl or cyclic N) is 1. The Bertz CT molecular complexity index is 463. The molecule has 1 aliphatic rings. The molecule has 6 heteroatoms. The van der Waals surface area contributed by atoms with Gasteiger partial charge in [-0.25, -0.2) is 4.79 Å². The van der Waals surface area contributed by atoms with Crippen molar-refractivity contribution in [3.8, 4) is 0 Å². The summed E-state index contributed by atoms with van der Waals surface area (Å²) in [6, 6.07) is 6.89.